The molecule has 0 fully saturated rings. The van der Waals surface area contributed by atoms with Gasteiger partial charge in [0.05, 0.1) is 13.1 Å². The molecule has 0 atom stereocenters. The lowest BCUT2D eigenvalue weighted by Crippen LogP contribution is -2.23. The SMILES string of the molecule is Clc1ccc(Br)cc1CNC1=NCCO1.Clc1ccccc1CNC1=NCCO1. The fourth-order valence-electron chi connectivity index (χ4n) is 2.55. The highest BCUT2D eigenvalue weighted by atomic mass is 79.9. The van der Waals surface area contributed by atoms with Crippen LogP contribution in [0.5, 0.6) is 0 Å². The molecule has 0 amide bonds. The van der Waals surface area contributed by atoms with Crippen LogP contribution in [0.2, 0.25) is 10.0 Å². The van der Waals surface area contributed by atoms with E-state index in [2.05, 4.69) is 36.5 Å². The van der Waals surface area contributed by atoms with E-state index in [0.717, 1.165) is 38.7 Å². The molecule has 0 bridgehead atoms. The maximum absolute atomic E-state index is 6.04. The first-order valence-corrected chi connectivity index (χ1v) is 10.7. The molecule has 0 unspecified atom stereocenters. The van der Waals surface area contributed by atoms with Gasteiger partial charge in [-0.05, 0) is 35.4 Å². The normalized spacial score (nSPS) is 14.7. The van der Waals surface area contributed by atoms with Crippen LogP contribution in [-0.2, 0) is 22.6 Å². The minimum absolute atomic E-state index is 0.603. The van der Waals surface area contributed by atoms with Crippen LogP contribution in [0.4, 0.5) is 0 Å². The number of amidine groups is 2. The van der Waals surface area contributed by atoms with Crippen LogP contribution in [0.1, 0.15) is 11.1 Å². The van der Waals surface area contributed by atoms with Crippen molar-refractivity contribution in [2.75, 3.05) is 26.3 Å². The maximum atomic E-state index is 6.04. The Bertz CT molecular complexity index is 893. The van der Waals surface area contributed by atoms with E-state index in [1.165, 1.54) is 0 Å². The first-order chi connectivity index (χ1) is 14.1. The van der Waals surface area contributed by atoms with Crippen molar-refractivity contribution in [1.29, 1.82) is 0 Å². The van der Waals surface area contributed by atoms with Crippen molar-refractivity contribution >= 4 is 51.2 Å². The molecule has 9 heteroatoms. The van der Waals surface area contributed by atoms with Crippen molar-refractivity contribution in [3.05, 3.63) is 68.1 Å². The summed E-state index contributed by atoms with van der Waals surface area (Å²) in [7, 11) is 0. The van der Waals surface area contributed by atoms with Crippen molar-refractivity contribution in [2.24, 2.45) is 9.98 Å². The fraction of sp³-hybridized carbons (Fsp3) is 0.300. The van der Waals surface area contributed by atoms with Crippen molar-refractivity contribution in [1.82, 2.24) is 10.6 Å². The Morgan fingerprint density at radius 1 is 0.828 bits per heavy atom. The standard InChI is InChI=1S/C10H10BrClN2O.C10H11ClN2O/c11-8-1-2-9(12)7(5-8)6-14-10-13-3-4-15-10;11-9-4-2-1-3-8(9)7-13-10-12-5-6-14-10/h1-2,5H,3-4,6H2,(H,13,14);1-4H,5-7H2,(H,12,13). The number of benzene rings is 2. The summed E-state index contributed by atoms with van der Waals surface area (Å²) in [5, 5.41) is 7.67. The summed E-state index contributed by atoms with van der Waals surface area (Å²) in [6, 6.07) is 14.7. The second kappa shape index (κ2) is 11.3. The molecule has 2 aliphatic rings. The number of nitrogens with zero attached hydrogens (tertiary/aromatic N) is 2. The van der Waals surface area contributed by atoms with E-state index in [9.17, 15) is 0 Å². The second-order valence-electron chi connectivity index (χ2n) is 6.10. The minimum Gasteiger partial charge on any atom is -0.463 e. The van der Waals surface area contributed by atoms with Gasteiger partial charge in [0.2, 0.25) is 0 Å². The van der Waals surface area contributed by atoms with Crippen LogP contribution >= 0.6 is 39.1 Å². The lowest BCUT2D eigenvalue weighted by atomic mass is 10.2. The molecule has 154 valence electrons. The molecule has 4 rings (SSSR count). The highest BCUT2D eigenvalue weighted by molar-refractivity contribution is 9.10. The van der Waals surface area contributed by atoms with Crippen molar-refractivity contribution < 1.29 is 9.47 Å². The van der Waals surface area contributed by atoms with E-state index in [0.29, 0.717) is 38.3 Å². The quantitative estimate of drug-likeness (QED) is 0.654. The number of hydrogen-bond acceptors (Lipinski definition) is 6. The highest BCUT2D eigenvalue weighted by Gasteiger charge is 2.08. The van der Waals surface area contributed by atoms with E-state index >= 15 is 0 Å². The van der Waals surface area contributed by atoms with Gasteiger partial charge in [0.1, 0.15) is 13.2 Å². The molecule has 2 N–H and O–H groups in total. The van der Waals surface area contributed by atoms with Crippen LogP contribution in [0, 0.1) is 0 Å². The van der Waals surface area contributed by atoms with Crippen LogP contribution in [-0.4, -0.2) is 38.3 Å². The third-order valence-electron chi connectivity index (χ3n) is 4.00. The smallest absolute Gasteiger partial charge is 0.285 e. The highest BCUT2D eigenvalue weighted by Crippen LogP contribution is 2.20. The summed E-state index contributed by atoms with van der Waals surface area (Å²) < 4.78 is 11.5. The lowest BCUT2D eigenvalue weighted by Gasteiger charge is -2.07. The summed E-state index contributed by atoms with van der Waals surface area (Å²) in [6.07, 6.45) is 0. The molecule has 2 aromatic carbocycles. The first kappa shape index (κ1) is 21.7. The van der Waals surface area contributed by atoms with Gasteiger partial charge in [-0.25, -0.2) is 9.98 Å². The van der Waals surface area contributed by atoms with Crippen molar-refractivity contribution in [2.45, 2.75) is 13.1 Å². The third-order valence-corrected chi connectivity index (χ3v) is 5.23. The molecule has 29 heavy (non-hydrogen) atoms. The molecule has 0 spiro atoms. The molecule has 0 radical (unpaired) electrons. The molecule has 0 saturated carbocycles. The zero-order chi connectivity index (χ0) is 20.5. The van der Waals surface area contributed by atoms with Gasteiger partial charge >= 0.3 is 0 Å². The number of halogens is 3. The van der Waals surface area contributed by atoms with Crippen molar-refractivity contribution in [3.63, 3.8) is 0 Å². The van der Waals surface area contributed by atoms with Gasteiger partial charge in [-0.2, -0.15) is 0 Å². The zero-order valence-corrected chi connectivity index (χ0v) is 18.7. The van der Waals surface area contributed by atoms with Gasteiger partial charge in [-0.1, -0.05) is 57.3 Å². The van der Waals surface area contributed by atoms with Gasteiger partial charge in [0, 0.05) is 27.6 Å². The van der Waals surface area contributed by atoms with Crippen LogP contribution in [0.3, 0.4) is 0 Å². The molecular weight excluding hydrogens is 479 g/mol. The predicted molar refractivity (Wildman–Crippen MR) is 121 cm³/mol. The Kier molecular flexibility index (Phi) is 8.46. The summed E-state index contributed by atoms with van der Waals surface area (Å²) in [4.78, 5) is 8.25. The monoisotopic (exact) mass is 498 g/mol. The summed E-state index contributed by atoms with van der Waals surface area (Å²) in [5.41, 5.74) is 2.07. The molecule has 2 aromatic rings. The second-order valence-corrected chi connectivity index (χ2v) is 7.83. The average molecular weight is 500 g/mol. The molecule has 6 nitrogen and oxygen atoms in total. The first-order valence-electron chi connectivity index (χ1n) is 9.11. The average Bonchev–Trinajstić information content (AvgIpc) is 3.43. The van der Waals surface area contributed by atoms with Crippen LogP contribution < -0.4 is 10.6 Å². The molecule has 2 heterocycles. The maximum Gasteiger partial charge on any atom is 0.285 e. The molecular formula is C20H21BrCl2N4O2. The Hall–Kier alpha value is -1.96. The third kappa shape index (κ3) is 7.10. The van der Waals surface area contributed by atoms with Crippen LogP contribution in [0.25, 0.3) is 0 Å². The van der Waals surface area contributed by atoms with E-state index in [1.807, 2.05) is 42.5 Å². The molecule has 0 aromatic heterocycles. The Balaban J connectivity index is 0.000000166. The number of rotatable bonds is 4. The molecule has 0 aliphatic carbocycles. The van der Waals surface area contributed by atoms with Gasteiger partial charge in [0.15, 0.2) is 0 Å². The topological polar surface area (TPSA) is 67.2 Å². The Morgan fingerprint density at radius 3 is 2.00 bits per heavy atom. The van der Waals surface area contributed by atoms with Gasteiger partial charge < -0.3 is 20.1 Å². The van der Waals surface area contributed by atoms with Crippen molar-refractivity contribution in [3.8, 4) is 0 Å². The summed E-state index contributed by atoms with van der Waals surface area (Å²) in [6.45, 7) is 4.08. The summed E-state index contributed by atoms with van der Waals surface area (Å²) in [5.74, 6) is 0. The molecule has 2 aliphatic heterocycles. The largest absolute Gasteiger partial charge is 0.463 e. The van der Waals surface area contributed by atoms with E-state index in [4.69, 9.17) is 32.7 Å². The number of nitrogens with one attached hydrogen (secondary N) is 2. The van der Waals surface area contributed by atoms with E-state index in [-0.39, 0.29) is 0 Å². The number of hydrogen-bond donors (Lipinski definition) is 2. The van der Waals surface area contributed by atoms with Gasteiger partial charge in [-0.15, -0.1) is 0 Å². The summed E-state index contributed by atoms with van der Waals surface area (Å²) >= 11 is 15.4. The van der Waals surface area contributed by atoms with Gasteiger partial charge in [0.25, 0.3) is 12.0 Å². The lowest BCUT2D eigenvalue weighted by molar-refractivity contribution is 0.331. The zero-order valence-electron chi connectivity index (χ0n) is 15.6. The Labute approximate surface area is 188 Å². The van der Waals surface area contributed by atoms with E-state index in [1.54, 1.807) is 0 Å². The number of ether oxygens (including phenoxy) is 2. The predicted octanol–water partition coefficient (Wildman–Crippen LogP) is 4.39. The van der Waals surface area contributed by atoms with Gasteiger partial charge in [-0.3, -0.25) is 0 Å². The van der Waals surface area contributed by atoms with Crippen LogP contribution in [0.15, 0.2) is 56.9 Å². The fourth-order valence-corrected chi connectivity index (χ4v) is 3.34. The Morgan fingerprint density at radius 2 is 1.41 bits per heavy atom. The minimum atomic E-state index is 0.603. The van der Waals surface area contributed by atoms with E-state index < -0.39 is 0 Å². The number of aliphatic imine (C=N–C) groups is 2. The molecule has 0 saturated heterocycles.